The quantitative estimate of drug-likeness (QED) is 0.465. The first-order valence-electron chi connectivity index (χ1n) is 12.1. The van der Waals surface area contributed by atoms with E-state index in [9.17, 15) is 14.7 Å². The van der Waals surface area contributed by atoms with Gasteiger partial charge in [0.2, 0.25) is 0 Å². The molecular formula is C25H29N9O3. The molecule has 5 rings (SSSR count). The van der Waals surface area contributed by atoms with E-state index < -0.39 is 11.5 Å². The second-order valence-electron chi connectivity index (χ2n) is 10.6. The number of nitrogens with two attached hydrogens (primary N) is 1. The molecule has 12 heteroatoms. The molecule has 2 saturated heterocycles. The highest BCUT2D eigenvalue weighted by atomic mass is 16.3. The Morgan fingerprint density at radius 3 is 2.65 bits per heavy atom. The van der Waals surface area contributed by atoms with Gasteiger partial charge in [-0.3, -0.25) is 9.59 Å². The van der Waals surface area contributed by atoms with E-state index in [2.05, 4.69) is 39.4 Å². The Labute approximate surface area is 213 Å². The van der Waals surface area contributed by atoms with Gasteiger partial charge in [-0.25, -0.2) is 4.52 Å². The molecule has 2 atom stereocenters. The molecule has 2 amide bonds. The van der Waals surface area contributed by atoms with E-state index in [1.807, 2.05) is 6.07 Å². The summed E-state index contributed by atoms with van der Waals surface area (Å²) in [6.45, 7) is 7.52. The van der Waals surface area contributed by atoms with Crippen LogP contribution < -0.4 is 20.9 Å². The Hall–Kier alpha value is -4.24. The number of rotatable bonds is 5. The lowest BCUT2D eigenvalue weighted by molar-refractivity contribution is -0.131. The van der Waals surface area contributed by atoms with Crippen LogP contribution in [0.2, 0.25) is 0 Å². The summed E-state index contributed by atoms with van der Waals surface area (Å²) in [7, 11) is 0. The molecule has 2 fully saturated rings. The number of fused-ring (bicyclic) bond motifs is 1. The molecule has 0 radical (unpaired) electrons. The number of aromatic nitrogens is 4. The number of nitrogens with one attached hydrogen (secondary N) is 1. The van der Waals surface area contributed by atoms with E-state index in [0.717, 1.165) is 6.42 Å². The number of aliphatic hydroxyl groups is 1. The first kappa shape index (κ1) is 24.5. The second-order valence-corrected chi connectivity index (χ2v) is 10.6. The summed E-state index contributed by atoms with van der Waals surface area (Å²) in [5.74, 6) is -0.270. The van der Waals surface area contributed by atoms with Gasteiger partial charge in [-0.2, -0.15) is 10.4 Å². The number of hydrogen-bond acceptors (Lipinski definition) is 9. The Balaban J connectivity index is 1.45. The lowest BCUT2D eigenvalue weighted by Gasteiger charge is -2.45. The van der Waals surface area contributed by atoms with Gasteiger partial charge < -0.3 is 26.0 Å². The summed E-state index contributed by atoms with van der Waals surface area (Å²) in [4.78, 5) is 28.7. The van der Waals surface area contributed by atoms with Crippen molar-refractivity contribution >= 4 is 34.5 Å². The number of primary amides is 1. The third-order valence-corrected chi connectivity index (χ3v) is 7.36. The van der Waals surface area contributed by atoms with Gasteiger partial charge in [0.1, 0.15) is 11.7 Å². The molecule has 3 aromatic rings. The van der Waals surface area contributed by atoms with Gasteiger partial charge in [0.25, 0.3) is 11.8 Å². The lowest BCUT2D eigenvalue weighted by atomic mass is 9.79. The van der Waals surface area contributed by atoms with Crippen LogP contribution in [0.3, 0.4) is 0 Å². The Morgan fingerprint density at radius 2 is 2.05 bits per heavy atom. The standard InChI is InChI=1S/C25H29N9O3/c1-24(2)14-32(20-5-4-15(11-26)30-31-20)8-6-19(24)29-21-17(22(27)35)12-28-34-13-16(10-18(21)34)33-9-7-25(3,37)23(33)36/h4-5,10,12-13,19,29,37H,6-9,14H2,1-3H3,(H2,27,35). The molecule has 0 spiro atoms. The lowest BCUT2D eigenvalue weighted by Crippen LogP contribution is -2.52. The summed E-state index contributed by atoms with van der Waals surface area (Å²) in [5.41, 5.74) is 6.35. The minimum Gasteiger partial charge on any atom is -0.380 e. The highest BCUT2D eigenvalue weighted by Crippen LogP contribution is 2.37. The average Bonchev–Trinajstić information content (AvgIpc) is 3.40. The summed E-state index contributed by atoms with van der Waals surface area (Å²) < 4.78 is 1.61. The molecule has 4 N–H and O–H groups in total. The predicted molar refractivity (Wildman–Crippen MR) is 136 cm³/mol. The SMILES string of the molecule is CC1(O)CCN(c2cc3c(NC4CCN(c5ccc(C#N)nn5)CC4(C)C)c(C(N)=O)cnn3c2)C1=O. The highest BCUT2D eigenvalue weighted by molar-refractivity contribution is 6.04. The van der Waals surface area contributed by atoms with Crippen molar-refractivity contribution in [1.29, 1.82) is 5.26 Å². The predicted octanol–water partition coefficient (Wildman–Crippen LogP) is 1.30. The van der Waals surface area contributed by atoms with E-state index in [0.29, 0.717) is 48.8 Å². The minimum atomic E-state index is -1.40. The smallest absolute Gasteiger partial charge is 0.258 e. The van der Waals surface area contributed by atoms with Gasteiger partial charge in [-0.15, -0.1) is 10.2 Å². The van der Waals surface area contributed by atoms with Crippen LogP contribution in [0, 0.1) is 16.7 Å². The first-order chi connectivity index (χ1) is 17.5. The van der Waals surface area contributed by atoms with Crippen LogP contribution in [0.4, 0.5) is 17.2 Å². The van der Waals surface area contributed by atoms with E-state index in [1.54, 1.807) is 28.9 Å². The number of piperidine rings is 1. The maximum Gasteiger partial charge on any atom is 0.258 e. The molecule has 192 valence electrons. The molecule has 37 heavy (non-hydrogen) atoms. The minimum absolute atomic E-state index is 0.0214. The van der Waals surface area contributed by atoms with Crippen LogP contribution in [0.1, 0.15) is 49.7 Å². The molecule has 0 aliphatic carbocycles. The van der Waals surface area contributed by atoms with Gasteiger partial charge in [0.05, 0.1) is 34.8 Å². The fourth-order valence-corrected chi connectivity index (χ4v) is 5.15. The number of nitriles is 1. The Bertz CT molecular complexity index is 1420. The highest BCUT2D eigenvalue weighted by Gasteiger charge is 2.42. The summed E-state index contributed by atoms with van der Waals surface area (Å²) in [6, 6.07) is 7.20. The largest absolute Gasteiger partial charge is 0.380 e. The number of amides is 2. The molecule has 2 aliphatic rings. The molecule has 0 aromatic carbocycles. The number of anilines is 3. The van der Waals surface area contributed by atoms with Crippen molar-refractivity contribution in [3.8, 4) is 6.07 Å². The molecule has 2 aliphatic heterocycles. The fraction of sp³-hybridized carbons (Fsp3) is 0.440. The maximum atomic E-state index is 12.7. The van der Waals surface area contributed by atoms with Crippen LogP contribution >= 0.6 is 0 Å². The number of carbonyl (C=O) groups excluding carboxylic acids is 2. The monoisotopic (exact) mass is 503 g/mol. The molecular weight excluding hydrogens is 474 g/mol. The molecule has 0 saturated carbocycles. The van der Waals surface area contributed by atoms with Gasteiger partial charge >= 0.3 is 0 Å². The Morgan fingerprint density at radius 1 is 1.27 bits per heavy atom. The summed E-state index contributed by atoms with van der Waals surface area (Å²) in [5, 5.41) is 35.4. The zero-order valence-corrected chi connectivity index (χ0v) is 21.0. The third kappa shape index (κ3) is 4.31. The summed E-state index contributed by atoms with van der Waals surface area (Å²) >= 11 is 0. The third-order valence-electron chi connectivity index (χ3n) is 7.36. The van der Waals surface area contributed by atoms with Gasteiger partial charge in [0.15, 0.2) is 11.5 Å². The van der Waals surface area contributed by atoms with Gasteiger partial charge in [0, 0.05) is 37.5 Å². The molecule has 2 unspecified atom stereocenters. The Kier molecular flexibility index (Phi) is 5.75. The van der Waals surface area contributed by atoms with E-state index in [1.165, 1.54) is 18.0 Å². The van der Waals surface area contributed by atoms with Crippen LogP contribution in [-0.2, 0) is 4.79 Å². The van der Waals surface area contributed by atoms with Crippen LogP contribution in [0.25, 0.3) is 5.52 Å². The van der Waals surface area contributed by atoms with Crippen LogP contribution in [0.15, 0.2) is 30.6 Å². The second kappa shape index (κ2) is 8.70. The van der Waals surface area contributed by atoms with Crippen molar-refractivity contribution < 1.29 is 14.7 Å². The maximum absolute atomic E-state index is 12.7. The topological polar surface area (TPSA) is 166 Å². The van der Waals surface area contributed by atoms with E-state index in [4.69, 9.17) is 11.0 Å². The van der Waals surface area contributed by atoms with E-state index >= 15 is 0 Å². The number of carbonyl (C=O) groups is 2. The van der Waals surface area contributed by atoms with Crippen LogP contribution in [-0.4, -0.2) is 68.0 Å². The fourth-order valence-electron chi connectivity index (χ4n) is 5.15. The van der Waals surface area contributed by atoms with Crippen molar-refractivity contribution in [2.45, 2.75) is 45.3 Å². The van der Waals surface area contributed by atoms with Crippen molar-refractivity contribution in [2.24, 2.45) is 11.1 Å². The molecule has 0 bridgehead atoms. The molecule has 12 nitrogen and oxygen atoms in total. The van der Waals surface area contributed by atoms with Gasteiger partial charge in [-0.05, 0) is 31.5 Å². The molecule has 3 aromatic heterocycles. The molecule has 5 heterocycles. The average molecular weight is 504 g/mol. The normalized spacial score (nSPS) is 23.3. The zero-order chi connectivity index (χ0) is 26.5. The number of hydrogen-bond donors (Lipinski definition) is 3. The van der Waals surface area contributed by atoms with E-state index in [-0.39, 0.29) is 28.6 Å². The van der Waals surface area contributed by atoms with Crippen molar-refractivity contribution in [3.63, 3.8) is 0 Å². The zero-order valence-electron chi connectivity index (χ0n) is 21.0. The van der Waals surface area contributed by atoms with Crippen molar-refractivity contribution in [2.75, 3.05) is 34.8 Å². The van der Waals surface area contributed by atoms with Crippen molar-refractivity contribution in [3.05, 3.63) is 41.9 Å². The first-order valence-corrected chi connectivity index (χ1v) is 12.1. The van der Waals surface area contributed by atoms with Crippen molar-refractivity contribution in [1.82, 2.24) is 19.8 Å². The number of nitrogens with zero attached hydrogens (tertiary/aromatic N) is 7. The van der Waals surface area contributed by atoms with Crippen LogP contribution in [0.5, 0.6) is 0 Å². The van der Waals surface area contributed by atoms with Gasteiger partial charge in [-0.1, -0.05) is 13.8 Å². The summed E-state index contributed by atoms with van der Waals surface area (Å²) in [6.07, 6.45) is 4.21.